The van der Waals surface area contributed by atoms with Gasteiger partial charge in [-0.25, -0.2) is 4.98 Å². The van der Waals surface area contributed by atoms with E-state index in [1.54, 1.807) is 0 Å². The lowest BCUT2D eigenvalue weighted by molar-refractivity contribution is 0.109. The molecule has 3 fully saturated rings. The van der Waals surface area contributed by atoms with Crippen LogP contribution in [0, 0.1) is 6.92 Å². The third-order valence-corrected chi connectivity index (χ3v) is 8.05. The standard InChI is InChI=1S/C26H34N6/c1-19-7-5-13-27-26(19)23-10-3-9-22(29(23)2)21-18-32-24(28-21)11-4-12-25(32)31-16-15-30-14-6-8-20(30)17-31/h4-5,7,11-13,18,20,22-23H,3,6,8-10,14-17H2,1-2H3/t20?,22?,23-/m0/s1. The van der Waals surface area contributed by atoms with E-state index in [0.717, 1.165) is 31.6 Å². The van der Waals surface area contributed by atoms with Crippen LogP contribution in [0.4, 0.5) is 5.82 Å². The number of pyridine rings is 2. The average Bonchev–Trinajstić information content (AvgIpc) is 3.46. The second-order valence-corrected chi connectivity index (χ2v) is 9.89. The van der Waals surface area contributed by atoms with Crippen LogP contribution in [0.25, 0.3) is 5.65 Å². The lowest BCUT2D eigenvalue weighted by atomic mass is 9.91. The fraction of sp³-hybridized carbons (Fsp3) is 0.538. The summed E-state index contributed by atoms with van der Waals surface area (Å²) < 4.78 is 2.34. The molecule has 6 rings (SSSR count). The number of hydrogen-bond acceptors (Lipinski definition) is 5. The zero-order chi connectivity index (χ0) is 21.7. The highest BCUT2D eigenvalue weighted by atomic mass is 15.3. The lowest BCUT2D eigenvalue weighted by Gasteiger charge is -2.39. The highest BCUT2D eigenvalue weighted by molar-refractivity contribution is 5.53. The summed E-state index contributed by atoms with van der Waals surface area (Å²) in [4.78, 5) is 17.6. The van der Waals surface area contributed by atoms with Gasteiger partial charge in [0.2, 0.25) is 0 Å². The number of piperidine rings is 1. The molecule has 6 heteroatoms. The van der Waals surface area contributed by atoms with Crippen LogP contribution in [0.5, 0.6) is 0 Å². The molecule has 3 aliphatic rings. The van der Waals surface area contributed by atoms with Crippen molar-refractivity contribution in [3.8, 4) is 0 Å². The summed E-state index contributed by atoms with van der Waals surface area (Å²) in [6, 6.07) is 12.2. The number of aromatic nitrogens is 3. The van der Waals surface area contributed by atoms with Gasteiger partial charge in [-0.1, -0.05) is 12.1 Å². The summed E-state index contributed by atoms with van der Waals surface area (Å²) in [5.74, 6) is 1.29. The van der Waals surface area contributed by atoms with E-state index < -0.39 is 0 Å². The van der Waals surface area contributed by atoms with Crippen molar-refractivity contribution in [2.24, 2.45) is 0 Å². The molecule has 3 aliphatic heterocycles. The number of nitrogens with zero attached hydrogens (tertiary/aromatic N) is 6. The summed E-state index contributed by atoms with van der Waals surface area (Å²) in [6.07, 6.45) is 10.4. The average molecular weight is 431 g/mol. The SMILES string of the molecule is Cc1cccnc1[C@@H]1CCCC(c2cn3c(N4CCN5CCCC5C4)cccc3n2)N1C. The first-order chi connectivity index (χ1) is 15.7. The van der Waals surface area contributed by atoms with E-state index in [9.17, 15) is 0 Å². The predicted octanol–water partition coefficient (Wildman–Crippen LogP) is 4.22. The van der Waals surface area contributed by atoms with Crippen LogP contribution < -0.4 is 4.90 Å². The van der Waals surface area contributed by atoms with Gasteiger partial charge in [0, 0.05) is 38.1 Å². The molecule has 0 spiro atoms. The Morgan fingerprint density at radius 1 is 0.938 bits per heavy atom. The molecule has 168 valence electrons. The van der Waals surface area contributed by atoms with Crippen molar-refractivity contribution in [2.75, 3.05) is 38.1 Å². The minimum absolute atomic E-state index is 0.328. The Morgan fingerprint density at radius 3 is 2.75 bits per heavy atom. The molecule has 0 radical (unpaired) electrons. The van der Waals surface area contributed by atoms with Gasteiger partial charge in [0.15, 0.2) is 0 Å². The van der Waals surface area contributed by atoms with Gasteiger partial charge in [-0.2, -0.15) is 0 Å². The number of imidazole rings is 1. The first-order valence-electron chi connectivity index (χ1n) is 12.3. The molecular formula is C26H34N6. The van der Waals surface area contributed by atoms with Crippen LogP contribution in [0.15, 0.2) is 42.7 Å². The monoisotopic (exact) mass is 430 g/mol. The van der Waals surface area contributed by atoms with Gasteiger partial charge in [0.25, 0.3) is 0 Å². The summed E-state index contributed by atoms with van der Waals surface area (Å²) >= 11 is 0. The molecule has 3 aromatic rings. The van der Waals surface area contributed by atoms with Crippen LogP contribution in [-0.4, -0.2) is 63.4 Å². The summed E-state index contributed by atoms with van der Waals surface area (Å²) in [6.45, 7) is 6.88. The second-order valence-electron chi connectivity index (χ2n) is 9.89. The van der Waals surface area contributed by atoms with Crippen molar-refractivity contribution in [3.05, 3.63) is 59.7 Å². The first kappa shape index (κ1) is 20.2. The van der Waals surface area contributed by atoms with Crippen LogP contribution in [0.2, 0.25) is 0 Å². The molecule has 0 aliphatic carbocycles. The molecule has 0 saturated carbocycles. The Labute approximate surface area is 190 Å². The fourth-order valence-corrected chi connectivity index (χ4v) is 6.29. The van der Waals surface area contributed by atoms with Crippen LogP contribution in [0.1, 0.15) is 61.1 Å². The van der Waals surface area contributed by atoms with Gasteiger partial charge in [0.1, 0.15) is 11.5 Å². The molecule has 0 bridgehead atoms. The molecule has 32 heavy (non-hydrogen) atoms. The zero-order valence-corrected chi connectivity index (χ0v) is 19.3. The smallest absolute Gasteiger partial charge is 0.138 e. The Hall–Kier alpha value is -2.44. The maximum absolute atomic E-state index is 5.12. The van der Waals surface area contributed by atoms with Crippen LogP contribution >= 0.6 is 0 Å². The number of aryl methyl sites for hydroxylation is 1. The van der Waals surface area contributed by atoms with E-state index in [2.05, 4.69) is 63.5 Å². The molecular weight excluding hydrogens is 396 g/mol. The Morgan fingerprint density at radius 2 is 1.84 bits per heavy atom. The molecule has 0 amide bonds. The van der Waals surface area contributed by atoms with Crippen molar-refractivity contribution < 1.29 is 0 Å². The minimum atomic E-state index is 0.328. The second kappa shape index (κ2) is 8.16. The van der Waals surface area contributed by atoms with Gasteiger partial charge in [-0.05, 0) is 76.4 Å². The molecule has 3 aromatic heterocycles. The van der Waals surface area contributed by atoms with E-state index in [1.165, 1.54) is 55.1 Å². The summed E-state index contributed by atoms with van der Waals surface area (Å²) in [5, 5.41) is 0. The van der Waals surface area contributed by atoms with E-state index in [4.69, 9.17) is 9.97 Å². The minimum Gasteiger partial charge on any atom is -0.355 e. The normalized spacial score (nSPS) is 27.2. The molecule has 3 atom stereocenters. The summed E-state index contributed by atoms with van der Waals surface area (Å²) in [7, 11) is 2.26. The van der Waals surface area contributed by atoms with E-state index >= 15 is 0 Å². The van der Waals surface area contributed by atoms with Gasteiger partial charge in [-0.3, -0.25) is 19.2 Å². The maximum Gasteiger partial charge on any atom is 0.138 e. The molecule has 2 unspecified atom stereocenters. The van der Waals surface area contributed by atoms with Gasteiger partial charge in [-0.15, -0.1) is 0 Å². The van der Waals surface area contributed by atoms with Crippen LogP contribution in [-0.2, 0) is 0 Å². The zero-order valence-electron chi connectivity index (χ0n) is 19.3. The molecule has 0 aromatic carbocycles. The first-order valence-corrected chi connectivity index (χ1v) is 12.3. The number of anilines is 1. The highest BCUT2D eigenvalue weighted by Crippen LogP contribution is 2.40. The molecule has 3 saturated heterocycles. The van der Waals surface area contributed by atoms with E-state index in [-0.39, 0.29) is 0 Å². The fourth-order valence-electron chi connectivity index (χ4n) is 6.29. The van der Waals surface area contributed by atoms with Crippen molar-refractivity contribution >= 4 is 11.5 Å². The van der Waals surface area contributed by atoms with Gasteiger partial charge < -0.3 is 4.90 Å². The van der Waals surface area contributed by atoms with E-state index in [1.807, 2.05) is 12.3 Å². The predicted molar refractivity (Wildman–Crippen MR) is 128 cm³/mol. The quantitative estimate of drug-likeness (QED) is 0.622. The van der Waals surface area contributed by atoms with Crippen molar-refractivity contribution in [3.63, 3.8) is 0 Å². The third-order valence-electron chi connectivity index (χ3n) is 8.05. The number of hydrogen-bond donors (Lipinski definition) is 0. The van der Waals surface area contributed by atoms with Gasteiger partial charge >= 0.3 is 0 Å². The van der Waals surface area contributed by atoms with E-state index in [0.29, 0.717) is 18.1 Å². The Kier molecular flexibility index (Phi) is 5.15. The lowest BCUT2D eigenvalue weighted by Crippen LogP contribution is -2.50. The number of piperazine rings is 1. The molecule has 0 N–H and O–H groups in total. The Balaban J connectivity index is 1.30. The molecule has 6 nitrogen and oxygen atoms in total. The largest absolute Gasteiger partial charge is 0.355 e. The van der Waals surface area contributed by atoms with Crippen molar-refractivity contribution in [1.82, 2.24) is 24.2 Å². The molecule has 6 heterocycles. The highest BCUT2D eigenvalue weighted by Gasteiger charge is 2.34. The summed E-state index contributed by atoms with van der Waals surface area (Å²) in [5.41, 5.74) is 4.76. The maximum atomic E-state index is 5.12. The van der Waals surface area contributed by atoms with Crippen molar-refractivity contribution in [1.29, 1.82) is 0 Å². The van der Waals surface area contributed by atoms with Crippen molar-refractivity contribution in [2.45, 2.75) is 57.2 Å². The third kappa shape index (κ3) is 3.41. The van der Waals surface area contributed by atoms with Crippen LogP contribution in [0.3, 0.4) is 0 Å². The Bertz CT molecular complexity index is 1110. The number of rotatable bonds is 3. The van der Waals surface area contributed by atoms with Gasteiger partial charge in [0.05, 0.1) is 23.5 Å². The number of fused-ring (bicyclic) bond motifs is 2. The topological polar surface area (TPSA) is 39.9 Å². The number of likely N-dealkylation sites (tertiary alicyclic amines) is 1.